The van der Waals surface area contributed by atoms with Crippen LogP contribution in [0.25, 0.3) is 0 Å². The normalized spacial score (nSPS) is 24.6. The lowest BCUT2D eigenvalue weighted by atomic mass is 10.2. The van der Waals surface area contributed by atoms with Crippen LogP contribution in [0.4, 0.5) is 0 Å². The third kappa shape index (κ3) is 2.93. The van der Waals surface area contributed by atoms with Crippen LogP contribution in [-0.2, 0) is 6.54 Å². The molecule has 1 aromatic rings. The first-order valence-corrected chi connectivity index (χ1v) is 5.76. The molecule has 0 saturated heterocycles. The Kier molecular flexibility index (Phi) is 3.74. The third-order valence-corrected chi connectivity index (χ3v) is 3.08. The van der Waals surface area contributed by atoms with Gasteiger partial charge in [0.1, 0.15) is 0 Å². The van der Waals surface area contributed by atoms with Gasteiger partial charge < -0.3 is 15.8 Å². The van der Waals surface area contributed by atoms with Crippen molar-refractivity contribution in [3.05, 3.63) is 23.9 Å². The van der Waals surface area contributed by atoms with Gasteiger partial charge in [-0.05, 0) is 30.9 Å². The summed E-state index contributed by atoms with van der Waals surface area (Å²) in [6.45, 7) is 0.857. The first-order valence-electron chi connectivity index (χ1n) is 5.76. The molecule has 1 heterocycles. The number of rotatable bonds is 4. The van der Waals surface area contributed by atoms with Gasteiger partial charge in [0.05, 0.1) is 7.11 Å². The first-order chi connectivity index (χ1) is 7.78. The highest BCUT2D eigenvalue weighted by Crippen LogP contribution is 2.18. The summed E-state index contributed by atoms with van der Waals surface area (Å²) in [5.74, 6) is 0.669. The Labute approximate surface area is 96.2 Å². The molecule has 4 heteroatoms. The monoisotopic (exact) mass is 221 g/mol. The Morgan fingerprint density at radius 1 is 1.56 bits per heavy atom. The highest BCUT2D eigenvalue weighted by molar-refractivity contribution is 5.20. The zero-order valence-electron chi connectivity index (χ0n) is 9.65. The highest BCUT2D eigenvalue weighted by atomic mass is 16.5. The fourth-order valence-electron chi connectivity index (χ4n) is 2.14. The molecule has 2 atom stereocenters. The van der Waals surface area contributed by atoms with Crippen molar-refractivity contribution in [1.29, 1.82) is 0 Å². The van der Waals surface area contributed by atoms with Crippen LogP contribution in [0.2, 0.25) is 0 Å². The summed E-state index contributed by atoms with van der Waals surface area (Å²) >= 11 is 0. The highest BCUT2D eigenvalue weighted by Gasteiger charge is 2.20. The molecule has 0 spiro atoms. The molecule has 1 aliphatic rings. The van der Waals surface area contributed by atoms with Gasteiger partial charge in [-0.1, -0.05) is 0 Å². The molecule has 1 aromatic heterocycles. The van der Waals surface area contributed by atoms with E-state index in [0.717, 1.165) is 19.4 Å². The number of hydrogen-bond donors (Lipinski definition) is 2. The molecule has 0 aromatic carbocycles. The van der Waals surface area contributed by atoms with Gasteiger partial charge >= 0.3 is 0 Å². The zero-order chi connectivity index (χ0) is 11.4. The van der Waals surface area contributed by atoms with Gasteiger partial charge in [0, 0.05) is 30.9 Å². The minimum Gasteiger partial charge on any atom is -0.481 e. The van der Waals surface area contributed by atoms with Gasteiger partial charge in [0.15, 0.2) is 0 Å². The zero-order valence-corrected chi connectivity index (χ0v) is 9.65. The molecule has 3 N–H and O–H groups in total. The van der Waals surface area contributed by atoms with E-state index in [0.29, 0.717) is 18.0 Å². The van der Waals surface area contributed by atoms with Gasteiger partial charge in [-0.2, -0.15) is 0 Å². The minimum absolute atomic E-state index is 0.379. The molecule has 2 unspecified atom stereocenters. The lowest BCUT2D eigenvalue weighted by Gasteiger charge is -2.12. The maximum Gasteiger partial charge on any atom is 0.213 e. The number of nitrogens with zero attached hydrogens (tertiary/aromatic N) is 1. The van der Waals surface area contributed by atoms with Gasteiger partial charge in [-0.15, -0.1) is 0 Å². The molecular weight excluding hydrogens is 202 g/mol. The van der Waals surface area contributed by atoms with Gasteiger partial charge in [-0.25, -0.2) is 4.98 Å². The summed E-state index contributed by atoms with van der Waals surface area (Å²) in [5.41, 5.74) is 7.07. The molecule has 4 nitrogen and oxygen atoms in total. The van der Waals surface area contributed by atoms with E-state index < -0.39 is 0 Å². The van der Waals surface area contributed by atoms with Crippen LogP contribution in [0.5, 0.6) is 5.88 Å². The molecule has 16 heavy (non-hydrogen) atoms. The number of methoxy groups -OCH3 is 1. The smallest absolute Gasteiger partial charge is 0.213 e. The molecule has 0 amide bonds. The molecule has 0 bridgehead atoms. The van der Waals surface area contributed by atoms with Crippen molar-refractivity contribution in [3.8, 4) is 5.88 Å². The summed E-state index contributed by atoms with van der Waals surface area (Å²) in [6, 6.07) is 4.91. The second-order valence-corrected chi connectivity index (χ2v) is 4.36. The van der Waals surface area contributed by atoms with Crippen LogP contribution < -0.4 is 15.8 Å². The van der Waals surface area contributed by atoms with Crippen molar-refractivity contribution in [2.75, 3.05) is 7.11 Å². The van der Waals surface area contributed by atoms with E-state index in [9.17, 15) is 0 Å². The Balaban J connectivity index is 1.84. The summed E-state index contributed by atoms with van der Waals surface area (Å²) < 4.78 is 5.08. The van der Waals surface area contributed by atoms with E-state index in [1.807, 2.05) is 12.1 Å². The number of hydrogen-bond acceptors (Lipinski definition) is 4. The fraction of sp³-hybridized carbons (Fsp3) is 0.583. The number of ether oxygens (including phenoxy) is 1. The van der Waals surface area contributed by atoms with Gasteiger partial charge in [-0.3, -0.25) is 0 Å². The predicted octanol–water partition coefficient (Wildman–Crippen LogP) is 1.06. The Morgan fingerprint density at radius 3 is 3.12 bits per heavy atom. The maximum atomic E-state index is 5.87. The SMILES string of the molecule is COc1cc(CNC2CCC(N)C2)ccn1. The van der Waals surface area contributed by atoms with Crippen LogP contribution in [0.15, 0.2) is 18.3 Å². The van der Waals surface area contributed by atoms with E-state index >= 15 is 0 Å². The van der Waals surface area contributed by atoms with E-state index in [2.05, 4.69) is 10.3 Å². The van der Waals surface area contributed by atoms with E-state index in [-0.39, 0.29) is 0 Å². The fourth-order valence-corrected chi connectivity index (χ4v) is 2.14. The largest absolute Gasteiger partial charge is 0.481 e. The lowest BCUT2D eigenvalue weighted by molar-refractivity contribution is 0.396. The van der Waals surface area contributed by atoms with E-state index in [1.165, 1.54) is 12.0 Å². The van der Waals surface area contributed by atoms with Gasteiger partial charge in [0.2, 0.25) is 5.88 Å². The minimum atomic E-state index is 0.379. The van der Waals surface area contributed by atoms with E-state index in [1.54, 1.807) is 13.3 Å². The second kappa shape index (κ2) is 5.27. The quantitative estimate of drug-likeness (QED) is 0.798. The number of nitrogens with two attached hydrogens (primary N) is 1. The molecule has 0 radical (unpaired) electrons. The summed E-state index contributed by atoms with van der Waals surface area (Å²) in [6.07, 6.45) is 5.18. The van der Waals surface area contributed by atoms with Crippen molar-refractivity contribution in [3.63, 3.8) is 0 Å². The average Bonchev–Trinajstić information content (AvgIpc) is 2.73. The molecule has 2 rings (SSSR count). The van der Waals surface area contributed by atoms with Gasteiger partial charge in [0.25, 0.3) is 0 Å². The van der Waals surface area contributed by atoms with Crippen molar-refractivity contribution >= 4 is 0 Å². The Morgan fingerprint density at radius 2 is 2.44 bits per heavy atom. The molecule has 1 saturated carbocycles. The molecule has 0 aliphatic heterocycles. The summed E-state index contributed by atoms with van der Waals surface area (Å²) in [7, 11) is 1.63. The lowest BCUT2D eigenvalue weighted by Crippen LogP contribution is -2.27. The topological polar surface area (TPSA) is 60.2 Å². The average molecular weight is 221 g/mol. The first kappa shape index (κ1) is 11.4. The summed E-state index contributed by atoms with van der Waals surface area (Å²) in [4.78, 5) is 4.08. The molecule has 1 fully saturated rings. The molecular formula is C12H19N3O. The predicted molar refractivity (Wildman–Crippen MR) is 63.2 cm³/mol. The maximum absolute atomic E-state index is 5.87. The van der Waals surface area contributed by atoms with Crippen molar-refractivity contribution in [2.24, 2.45) is 5.73 Å². The van der Waals surface area contributed by atoms with Crippen LogP contribution in [0.3, 0.4) is 0 Å². The van der Waals surface area contributed by atoms with Crippen LogP contribution >= 0.6 is 0 Å². The number of nitrogens with one attached hydrogen (secondary N) is 1. The molecule has 1 aliphatic carbocycles. The van der Waals surface area contributed by atoms with E-state index in [4.69, 9.17) is 10.5 Å². The summed E-state index contributed by atoms with van der Waals surface area (Å²) in [5, 5.41) is 3.52. The Bertz CT molecular complexity index is 343. The van der Waals surface area contributed by atoms with Crippen LogP contribution in [0, 0.1) is 0 Å². The molecule has 88 valence electrons. The number of aromatic nitrogens is 1. The van der Waals surface area contributed by atoms with Crippen LogP contribution in [0.1, 0.15) is 24.8 Å². The Hall–Kier alpha value is -1.13. The van der Waals surface area contributed by atoms with Crippen molar-refractivity contribution in [1.82, 2.24) is 10.3 Å². The van der Waals surface area contributed by atoms with Crippen molar-refractivity contribution in [2.45, 2.75) is 37.9 Å². The third-order valence-electron chi connectivity index (χ3n) is 3.08. The standard InChI is InChI=1S/C12H19N3O/c1-16-12-6-9(4-5-14-12)8-15-11-3-2-10(13)7-11/h4-6,10-11,15H,2-3,7-8,13H2,1H3. The van der Waals surface area contributed by atoms with Crippen LogP contribution in [-0.4, -0.2) is 24.2 Å². The second-order valence-electron chi connectivity index (χ2n) is 4.36. The van der Waals surface area contributed by atoms with Crippen molar-refractivity contribution < 1.29 is 4.74 Å². The number of pyridine rings is 1.